The number of aryl methyl sites for hydroxylation is 1. The van der Waals surface area contributed by atoms with Crippen molar-refractivity contribution in [3.8, 4) is 5.75 Å². The number of hydrogen-bond acceptors (Lipinski definition) is 1. The summed E-state index contributed by atoms with van der Waals surface area (Å²) in [5.74, 6) is 0.905. The summed E-state index contributed by atoms with van der Waals surface area (Å²) in [4.78, 5) is 0.354. The second-order valence-corrected chi connectivity index (χ2v) is 5.72. The van der Waals surface area contributed by atoms with Crippen molar-refractivity contribution in [3.05, 3.63) is 65.2 Å². The van der Waals surface area contributed by atoms with Gasteiger partial charge in [-0.25, -0.2) is 0 Å². The molecular formula is C17H19BrO. The maximum atomic E-state index is 5.17. The molecule has 0 fully saturated rings. The zero-order chi connectivity index (χ0) is 13.7. The molecule has 1 nitrogen and oxygen atoms in total. The Bertz CT molecular complexity index is 502. The minimum absolute atomic E-state index is 0.354. The van der Waals surface area contributed by atoms with Gasteiger partial charge < -0.3 is 4.74 Å². The summed E-state index contributed by atoms with van der Waals surface area (Å²) in [5, 5.41) is 0. The standard InChI is InChI=1S/C17H19BrO/c1-3-13-4-8-15(9-5-13)17(18)12-14-6-10-16(19-2)11-7-14/h4-11,17H,3,12H2,1-2H3. The SMILES string of the molecule is CCc1ccc(C(Br)Cc2ccc(OC)cc2)cc1. The van der Waals surface area contributed by atoms with Crippen LogP contribution in [0.2, 0.25) is 0 Å². The Morgan fingerprint density at radius 3 is 2.05 bits per heavy atom. The summed E-state index contributed by atoms with van der Waals surface area (Å²) in [6.07, 6.45) is 2.07. The van der Waals surface area contributed by atoms with E-state index in [4.69, 9.17) is 4.74 Å². The Balaban J connectivity index is 2.04. The van der Waals surface area contributed by atoms with Crippen LogP contribution in [0.25, 0.3) is 0 Å². The first-order valence-corrected chi connectivity index (χ1v) is 7.50. The minimum atomic E-state index is 0.354. The van der Waals surface area contributed by atoms with E-state index >= 15 is 0 Å². The molecule has 0 aliphatic carbocycles. The molecule has 0 aliphatic heterocycles. The quantitative estimate of drug-likeness (QED) is 0.710. The Morgan fingerprint density at radius 1 is 0.947 bits per heavy atom. The van der Waals surface area contributed by atoms with Crippen LogP contribution in [0.15, 0.2) is 48.5 Å². The average molecular weight is 319 g/mol. The molecule has 0 saturated heterocycles. The topological polar surface area (TPSA) is 9.23 Å². The molecule has 0 N–H and O–H groups in total. The summed E-state index contributed by atoms with van der Waals surface area (Å²) < 4.78 is 5.17. The van der Waals surface area contributed by atoms with Crippen LogP contribution < -0.4 is 4.74 Å². The number of methoxy groups -OCH3 is 1. The van der Waals surface area contributed by atoms with Gasteiger partial charge in [-0.1, -0.05) is 59.3 Å². The van der Waals surface area contributed by atoms with E-state index in [1.807, 2.05) is 12.1 Å². The molecule has 0 heterocycles. The molecule has 1 atom stereocenters. The smallest absolute Gasteiger partial charge is 0.118 e. The van der Waals surface area contributed by atoms with Crippen LogP contribution in [0.1, 0.15) is 28.4 Å². The number of hydrogen-bond donors (Lipinski definition) is 0. The molecule has 0 spiro atoms. The van der Waals surface area contributed by atoms with Crippen molar-refractivity contribution in [2.75, 3.05) is 7.11 Å². The van der Waals surface area contributed by atoms with Gasteiger partial charge in [-0.15, -0.1) is 0 Å². The fourth-order valence-electron chi connectivity index (χ4n) is 2.05. The molecule has 2 aromatic carbocycles. The highest BCUT2D eigenvalue weighted by Crippen LogP contribution is 2.28. The molecular weight excluding hydrogens is 300 g/mol. The van der Waals surface area contributed by atoms with E-state index in [1.165, 1.54) is 16.7 Å². The highest BCUT2D eigenvalue weighted by atomic mass is 79.9. The molecule has 2 rings (SSSR count). The van der Waals surface area contributed by atoms with Crippen LogP contribution in [0.4, 0.5) is 0 Å². The van der Waals surface area contributed by atoms with Gasteiger partial charge in [-0.05, 0) is 41.7 Å². The lowest BCUT2D eigenvalue weighted by molar-refractivity contribution is 0.414. The predicted octanol–water partition coefficient (Wildman–Crippen LogP) is 4.94. The summed E-state index contributed by atoms with van der Waals surface area (Å²) in [5.41, 5.74) is 4.02. The zero-order valence-electron chi connectivity index (χ0n) is 11.4. The van der Waals surface area contributed by atoms with E-state index in [0.717, 1.165) is 18.6 Å². The Labute approximate surface area is 123 Å². The van der Waals surface area contributed by atoms with Gasteiger partial charge in [0.2, 0.25) is 0 Å². The fourth-order valence-corrected chi connectivity index (χ4v) is 2.73. The van der Waals surface area contributed by atoms with E-state index in [9.17, 15) is 0 Å². The van der Waals surface area contributed by atoms with Crippen LogP contribution in [0.5, 0.6) is 5.75 Å². The van der Waals surface area contributed by atoms with Crippen molar-refractivity contribution in [3.63, 3.8) is 0 Å². The Morgan fingerprint density at radius 2 is 1.53 bits per heavy atom. The van der Waals surface area contributed by atoms with E-state index in [-0.39, 0.29) is 0 Å². The fraction of sp³-hybridized carbons (Fsp3) is 0.294. The maximum absolute atomic E-state index is 5.17. The van der Waals surface area contributed by atoms with Crippen molar-refractivity contribution in [2.45, 2.75) is 24.6 Å². The molecule has 0 amide bonds. The third kappa shape index (κ3) is 3.84. The molecule has 0 aliphatic rings. The van der Waals surface area contributed by atoms with E-state index in [1.54, 1.807) is 7.11 Å². The van der Waals surface area contributed by atoms with E-state index in [0.29, 0.717) is 4.83 Å². The number of halogens is 1. The zero-order valence-corrected chi connectivity index (χ0v) is 13.0. The predicted molar refractivity (Wildman–Crippen MR) is 84.2 cm³/mol. The molecule has 19 heavy (non-hydrogen) atoms. The summed E-state index contributed by atoms with van der Waals surface area (Å²) in [7, 11) is 1.69. The second kappa shape index (κ2) is 6.76. The average Bonchev–Trinajstić information content (AvgIpc) is 2.48. The highest BCUT2D eigenvalue weighted by molar-refractivity contribution is 9.09. The van der Waals surface area contributed by atoms with Gasteiger partial charge in [0.25, 0.3) is 0 Å². The van der Waals surface area contributed by atoms with Crippen LogP contribution in [0.3, 0.4) is 0 Å². The van der Waals surface area contributed by atoms with Gasteiger partial charge >= 0.3 is 0 Å². The lowest BCUT2D eigenvalue weighted by Gasteiger charge is -2.11. The highest BCUT2D eigenvalue weighted by Gasteiger charge is 2.08. The van der Waals surface area contributed by atoms with E-state index in [2.05, 4.69) is 59.3 Å². The molecule has 2 heteroatoms. The maximum Gasteiger partial charge on any atom is 0.118 e. The molecule has 0 saturated carbocycles. The largest absolute Gasteiger partial charge is 0.497 e. The third-order valence-corrected chi connectivity index (χ3v) is 4.18. The van der Waals surface area contributed by atoms with Gasteiger partial charge in [0.05, 0.1) is 7.11 Å². The van der Waals surface area contributed by atoms with Crippen LogP contribution in [-0.2, 0) is 12.8 Å². The summed E-state index contributed by atoms with van der Waals surface area (Å²) >= 11 is 3.77. The summed E-state index contributed by atoms with van der Waals surface area (Å²) in [6, 6.07) is 17.1. The lowest BCUT2D eigenvalue weighted by atomic mass is 10.0. The first-order valence-electron chi connectivity index (χ1n) is 6.58. The summed E-state index contributed by atoms with van der Waals surface area (Å²) in [6.45, 7) is 2.18. The second-order valence-electron chi connectivity index (χ2n) is 4.61. The van der Waals surface area contributed by atoms with Crippen molar-refractivity contribution < 1.29 is 4.74 Å². The minimum Gasteiger partial charge on any atom is -0.497 e. The van der Waals surface area contributed by atoms with Crippen molar-refractivity contribution >= 4 is 15.9 Å². The normalized spacial score (nSPS) is 12.2. The van der Waals surface area contributed by atoms with Crippen molar-refractivity contribution in [2.24, 2.45) is 0 Å². The number of rotatable bonds is 5. The molecule has 2 aromatic rings. The third-order valence-electron chi connectivity index (χ3n) is 3.32. The van der Waals surface area contributed by atoms with E-state index < -0.39 is 0 Å². The Hall–Kier alpha value is -1.28. The first kappa shape index (κ1) is 14.1. The van der Waals surface area contributed by atoms with Crippen LogP contribution in [0, 0.1) is 0 Å². The van der Waals surface area contributed by atoms with Crippen LogP contribution in [-0.4, -0.2) is 7.11 Å². The van der Waals surface area contributed by atoms with Crippen molar-refractivity contribution in [1.29, 1.82) is 0 Å². The number of ether oxygens (including phenoxy) is 1. The lowest BCUT2D eigenvalue weighted by Crippen LogP contribution is -1.96. The molecule has 0 radical (unpaired) electrons. The number of benzene rings is 2. The van der Waals surface area contributed by atoms with Crippen molar-refractivity contribution in [1.82, 2.24) is 0 Å². The molecule has 0 bridgehead atoms. The molecule has 0 aromatic heterocycles. The van der Waals surface area contributed by atoms with Gasteiger partial charge in [-0.3, -0.25) is 0 Å². The van der Waals surface area contributed by atoms with Gasteiger partial charge in [0.15, 0.2) is 0 Å². The Kier molecular flexibility index (Phi) is 5.03. The first-order chi connectivity index (χ1) is 9.22. The molecule has 100 valence electrons. The molecule has 1 unspecified atom stereocenters. The monoisotopic (exact) mass is 318 g/mol. The van der Waals surface area contributed by atoms with Gasteiger partial charge in [0, 0.05) is 4.83 Å². The van der Waals surface area contributed by atoms with Crippen LogP contribution >= 0.6 is 15.9 Å². The number of alkyl halides is 1. The van der Waals surface area contributed by atoms with Gasteiger partial charge in [0.1, 0.15) is 5.75 Å². The van der Waals surface area contributed by atoms with Gasteiger partial charge in [-0.2, -0.15) is 0 Å².